The van der Waals surface area contributed by atoms with Crippen molar-refractivity contribution in [3.8, 4) is 11.5 Å². The quantitative estimate of drug-likeness (QED) is 0.594. The van der Waals surface area contributed by atoms with Gasteiger partial charge in [0.2, 0.25) is 0 Å². The van der Waals surface area contributed by atoms with Crippen molar-refractivity contribution in [3.05, 3.63) is 54.1 Å². The van der Waals surface area contributed by atoms with Crippen LogP contribution in [0.2, 0.25) is 0 Å². The van der Waals surface area contributed by atoms with Gasteiger partial charge in [0.25, 0.3) is 0 Å². The summed E-state index contributed by atoms with van der Waals surface area (Å²) in [6.07, 6.45) is 3.04. The lowest BCUT2D eigenvalue weighted by atomic mass is 10.2. The summed E-state index contributed by atoms with van der Waals surface area (Å²) >= 11 is 0. The molecule has 0 amide bonds. The maximum atomic E-state index is 10.9. The molecule has 0 atom stereocenters. The molecule has 0 aromatic heterocycles. The summed E-state index contributed by atoms with van der Waals surface area (Å²) < 4.78 is 5.86. The highest BCUT2D eigenvalue weighted by Crippen LogP contribution is 2.30. The number of rotatable bonds is 7. The van der Waals surface area contributed by atoms with E-state index in [9.17, 15) is 4.79 Å². The van der Waals surface area contributed by atoms with E-state index in [1.54, 1.807) is 6.07 Å². The SMILES string of the molecule is CCCCNc1cc(C=O)ccc1Oc1ccccc1. The van der Waals surface area contributed by atoms with Crippen molar-refractivity contribution in [2.75, 3.05) is 11.9 Å². The molecule has 0 saturated carbocycles. The van der Waals surface area contributed by atoms with Crippen LogP contribution in [0.3, 0.4) is 0 Å². The van der Waals surface area contributed by atoms with E-state index in [2.05, 4.69) is 12.2 Å². The van der Waals surface area contributed by atoms with Gasteiger partial charge in [-0.3, -0.25) is 4.79 Å². The van der Waals surface area contributed by atoms with Gasteiger partial charge in [-0.25, -0.2) is 0 Å². The van der Waals surface area contributed by atoms with Crippen LogP contribution in [0.4, 0.5) is 5.69 Å². The lowest BCUT2D eigenvalue weighted by Gasteiger charge is -2.13. The highest BCUT2D eigenvalue weighted by Gasteiger charge is 2.06. The third kappa shape index (κ3) is 3.85. The van der Waals surface area contributed by atoms with E-state index in [4.69, 9.17) is 4.74 Å². The summed E-state index contributed by atoms with van der Waals surface area (Å²) in [5.74, 6) is 1.52. The third-order valence-electron chi connectivity index (χ3n) is 2.96. The highest BCUT2D eigenvalue weighted by atomic mass is 16.5. The minimum absolute atomic E-state index is 0.643. The van der Waals surface area contributed by atoms with Gasteiger partial charge >= 0.3 is 0 Å². The predicted molar refractivity (Wildman–Crippen MR) is 81.7 cm³/mol. The molecule has 0 aliphatic rings. The Morgan fingerprint density at radius 1 is 1.15 bits per heavy atom. The Balaban J connectivity index is 2.19. The molecule has 0 radical (unpaired) electrons. The average molecular weight is 269 g/mol. The molecule has 3 heteroatoms. The molecule has 0 spiro atoms. The highest BCUT2D eigenvalue weighted by molar-refractivity contribution is 5.78. The first-order valence-electron chi connectivity index (χ1n) is 6.89. The van der Waals surface area contributed by atoms with Crippen LogP contribution in [0.1, 0.15) is 30.1 Å². The van der Waals surface area contributed by atoms with E-state index in [-0.39, 0.29) is 0 Å². The van der Waals surface area contributed by atoms with Gasteiger partial charge in [-0.05, 0) is 36.8 Å². The molecular weight excluding hydrogens is 250 g/mol. The first kappa shape index (κ1) is 14.1. The van der Waals surface area contributed by atoms with Crippen molar-refractivity contribution < 1.29 is 9.53 Å². The minimum atomic E-state index is 0.643. The Morgan fingerprint density at radius 2 is 1.95 bits per heavy atom. The van der Waals surface area contributed by atoms with Crippen molar-refractivity contribution in [2.24, 2.45) is 0 Å². The Hall–Kier alpha value is -2.29. The van der Waals surface area contributed by atoms with Crippen LogP contribution >= 0.6 is 0 Å². The zero-order chi connectivity index (χ0) is 14.2. The fourth-order valence-corrected chi connectivity index (χ4v) is 1.86. The number of nitrogens with one attached hydrogen (secondary N) is 1. The van der Waals surface area contributed by atoms with Gasteiger partial charge < -0.3 is 10.1 Å². The third-order valence-corrected chi connectivity index (χ3v) is 2.96. The van der Waals surface area contributed by atoms with Crippen molar-refractivity contribution in [2.45, 2.75) is 19.8 Å². The number of para-hydroxylation sites is 1. The van der Waals surface area contributed by atoms with Crippen molar-refractivity contribution >= 4 is 12.0 Å². The molecule has 20 heavy (non-hydrogen) atoms. The molecule has 2 rings (SSSR count). The van der Waals surface area contributed by atoms with Gasteiger partial charge in [-0.15, -0.1) is 0 Å². The number of hydrogen-bond acceptors (Lipinski definition) is 3. The molecule has 0 heterocycles. The number of aldehydes is 1. The Morgan fingerprint density at radius 3 is 2.65 bits per heavy atom. The monoisotopic (exact) mass is 269 g/mol. The Kier molecular flexibility index (Phi) is 5.18. The largest absolute Gasteiger partial charge is 0.455 e. The second-order valence-corrected chi connectivity index (χ2v) is 4.57. The number of benzene rings is 2. The standard InChI is InChI=1S/C17H19NO2/c1-2-3-11-18-16-12-14(13-19)9-10-17(16)20-15-7-5-4-6-8-15/h4-10,12-13,18H,2-3,11H2,1H3. The van der Waals surface area contributed by atoms with Crippen LogP contribution in [-0.4, -0.2) is 12.8 Å². The first-order valence-corrected chi connectivity index (χ1v) is 6.89. The van der Waals surface area contributed by atoms with Crippen molar-refractivity contribution in [3.63, 3.8) is 0 Å². The van der Waals surface area contributed by atoms with Crippen molar-refractivity contribution in [1.82, 2.24) is 0 Å². The smallest absolute Gasteiger partial charge is 0.150 e. The molecule has 2 aromatic carbocycles. The van der Waals surface area contributed by atoms with Crippen LogP contribution in [0.25, 0.3) is 0 Å². The van der Waals surface area contributed by atoms with Crippen molar-refractivity contribution in [1.29, 1.82) is 0 Å². The Bertz CT molecular complexity index is 552. The molecular formula is C17H19NO2. The predicted octanol–water partition coefficient (Wildman–Crippen LogP) is 4.50. The van der Waals surface area contributed by atoms with E-state index >= 15 is 0 Å². The average Bonchev–Trinajstić information content (AvgIpc) is 2.50. The lowest BCUT2D eigenvalue weighted by Crippen LogP contribution is -2.03. The van der Waals surface area contributed by atoms with Crippen LogP contribution in [0.15, 0.2) is 48.5 Å². The number of anilines is 1. The number of ether oxygens (including phenoxy) is 1. The summed E-state index contributed by atoms with van der Waals surface area (Å²) in [4.78, 5) is 10.9. The summed E-state index contributed by atoms with van der Waals surface area (Å²) in [6, 6.07) is 15.0. The van der Waals surface area contributed by atoms with Gasteiger partial charge in [0.1, 0.15) is 12.0 Å². The fraction of sp³-hybridized carbons (Fsp3) is 0.235. The molecule has 0 aliphatic carbocycles. The second kappa shape index (κ2) is 7.34. The topological polar surface area (TPSA) is 38.3 Å². The molecule has 0 bridgehead atoms. The summed E-state index contributed by atoms with van der Waals surface area (Å²) in [6.45, 7) is 3.01. The summed E-state index contributed by atoms with van der Waals surface area (Å²) in [7, 11) is 0. The number of unbranched alkanes of at least 4 members (excludes halogenated alkanes) is 1. The molecule has 2 aromatic rings. The zero-order valence-corrected chi connectivity index (χ0v) is 11.6. The maximum absolute atomic E-state index is 10.9. The second-order valence-electron chi connectivity index (χ2n) is 4.57. The lowest BCUT2D eigenvalue weighted by molar-refractivity contribution is 0.112. The molecule has 0 unspecified atom stereocenters. The fourth-order valence-electron chi connectivity index (χ4n) is 1.86. The van der Waals surface area contributed by atoms with Gasteiger partial charge in [0.15, 0.2) is 5.75 Å². The molecule has 3 nitrogen and oxygen atoms in total. The molecule has 0 fully saturated rings. The van der Waals surface area contributed by atoms with Gasteiger partial charge in [0, 0.05) is 12.1 Å². The molecule has 0 saturated heterocycles. The molecule has 0 aliphatic heterocycles. The van der Waals surface area contributed by atoms with Gasteiger partial charge in [-0.1, -0.05) is 31.5 Å². The Labute approximate surface area is 119 Å². The molecule has 1 N–H and O–H groups in total. The minimum Gasteiger partial charge on any atom is -0.455 e. The van der Waals surface area contributed by atoms with E-state index in [0.717, 1.165) is 42.9 Å². The van der Waals surface area contributed by atoms with Crippen LogP contribution in [0.5, 0.6) is 11.5 Å². The summed E-state index contributed by atoms with van der Waals surface area (Å²) in [5, 5.41) is 3.33. The van der Waals surface area contributed by atoms with E-state index < -0.39 is 0 Å². The van der Waals surface area contributed by atoms with Gasteiger partial charge in [-0.2, -0.15) is 0 Å². The number of carbonyl (C=O) groups is 1. The van der Waals surface area contributed by atoms with Crippen LogP contribution in [0, 0.1) is 0 Å². The zero-order valence-electron chi connectivity index (χ0n) is 11.6. The van der Waals surface area contributed by atoms with E-state index in [0.29, 0.717) is 5.56 Å². The van der Waals surface area contributed by atoms with Crippen LogP contribution in [-0.2, 0) is 0 Å². The number of carbonyl (C=O) groups excluding carboxylic acids is 1. The van der Waals surface area contributed by atoms with Gasteiger partial charge in [0.05, 0.1) is 5.69 Å². The van der Waals surface area contributed by atoms with E-state index in [1.807, 2.05) is 42.5 Å². The summed E-state index contributed by atoms with van der Waals surface area (Å²) in [5.41, 5.74) is 1.50. The van der Waals surface area contributed by atoms with Crippen LogP contribution < -0.4 is 10.1 Å². The first-order chi connectivity index (χ1) is 9.83. The maximum Gasteiger partial charge on any atom is 0.150 e. The molecule has 104 valence electrons. The van der Waals surface area contributed by atoms with E-state index in [1.165, 1.54) is 0 Å². The number of hydrogen-bond donors (Lipinski definition) is 1. The normalized spacial score (nSPS) is 10.1.